The second-order valence-corrected chi connectivity index (χ2v) is 4.73. The van der Waals surface area contributed by atoms with Crippen LogP contribution in [-0.4, -0.2) is 17.1 Å². The molecule has 4 heteroatoms. The van der Waals surface area contributed by atoms with Crippen molar-refractivity contribution < 1.29 is 4.74 Å². The van der Waals surface area contributed by atoms with Crippen molar-refractivity contribution in [1.82, 2.24) is 9.97 Å². The van der Waals surface area contributed by atoms with Crippen molar-refractivity contribution in [3.63, 3.8) is 0 Å². The van der Waals surface area contributed by atoms with Crippen molar-refractivity contribution in [2.75, 3.05) is 7.11 Å². The van der Waals surface area contributed by atoms with Crippen molar-refractivity contribution >= 4 is 0 Å². The molecule has 0 aromatic carbocycles. The molecule has 1 aliphatic rings. The summed E-state index contributed by atoms with van der Waals surface area (Å²) in [5, 5.41) is 0. The fraction of sp³-hybridized carbons (Fsp3) is 0.667. The first-order chi connectivity index (χ1) is 7.57. The Balaban J connectivity index is 2.44. The number of aromatic nitrogens is 2. The molecule has 1 aliphatic carbocycles. The molecule has 1 aromatic heterocycles. The number of nitrogens with zero attached hydrogens (tertiary/aromatic N) is 1. The first-order valence-electron chi connectivity index (χ1n) is 5.74. The van der Waals surface area contributed by atoms with Crippen LogP contribution in [0.15, 0.2) is 10.9 Å². The molecule has 88 valence electrons. The Bertz CT molecular complexity index is 427. The van der Waals surface area contributed by atoms with Gasteiger partial charge in [0.1, 0.15) is 11.4 Å². The topological polar surface area (TPSA) is 55.0 Å². The summed E-state index contributed by atoms with van der Waals surface area (Å²) in [5.41, 5.74) is 0.406. The lowest BCUT2D eigenvalue weighted by molar-refractivity contribution is -0.0849. The van der Waals surface area contributed by atoms with E-state index in [1.165, 1.54) is 0 Å². The van der Waals surface area contributed by atoms with Gasteiger partial charge in [0.2, 0.25) is 0 Å². The standard InChI is InChI=1S/C12H18N2O2/c1-8(2)9-7-10(15)14-11(13-9)12(16-3)5-4-6-12/h7-8H,4-6H2,1-3H3,(H,13,14,15). The van der Waals surface area contributed by atoms with Crippen LogP contribution in [0.4, 0.5) is 0 Å². The average Bonchev–Trinajstić information content (AvgIpc) is 2.16. The molecule has 0 saturated heterocycles. The van der Waals surface area contributed by atoms with E-state index in [4.69, 9.17) is 4.74 Å². The van der Waals surface area contributed by atoms with E-state index in [1.807, 2.05) is 13.8 Å². The van der Waals surface area contributed by atoms with Gasteiger partial charge in [0, 0.05) is 13.2 Å². The summed E-state index contributed by atoms with van der Waals surface area (Å²) in [7, 11) is 1.68. The minimum Gasteiger partial charge on any atom is -0.370 e. The van der Waals surface area contributed by atoms with Crippen LogP contribution in [0, 0.1) is 0 Å². The van der Waals surface area contributed by atoms with Crippen molar-refractivity contribution in [3.05, 3.63) is 27.9 Å². The summed E-state index contributed by atoms with van der Waals surface area (Å²) in [6.07, 6.45) is 3.01. The van der Waals surface area contributed by atoms with Crippen LogP contribution in [0.3, 0.4) is 0 Å². The Kier molecular flexibility index (Phi) is 2.84. The predicted molar refractivity (Wildman–Crippen MR) is 61.5 cm³/mol. The van der Waals surface area contributed by atoms with E-state index in [0.717, 1.165) is 25.0 Å². The molecule has 4 nitrogen and oxygen atoms in total. The molecular weight excluding hydrogens is 204 g/mol. The number of ether oxygens (including phenoxy) is 1. The van der Waals surface area contributed by atoms with Crippen LogP contribution in [0.1, 0.15) is 50.5 Å². The zero-order valence-electron chi connectivity index (χ0n) is 10.0. The molecule has 0 spiro atoms. The highest BCUT2D eigenvalue weighted by molar-refractivity contribution is 5.13. The van der Waals surface area contributed by atoms with Crippen LogP contribution in [0.25, 0.3) is 0 Å². The lowest BCUT2D eigenvalue weighted by atomic mass is 9.79. The zero-order valence-corrected chi connectivity index (χ0v) is 10.0. The van der Waals surface area contributed by atoms with Gasteiger partial charge >= 0.3 is 0 Å². The van der Waals surface area contributed by atoms with Crippen molar-refractivity contribution in [2.45, 2.75) is 44.6 Å². The van der Waals surface area contributed by atoms with E-state index >= 15 is 0 Å². The van der Waals surface area contributed by atoms with E-state index < -0.39 is 0 Å². The molecule has 2 rings (SSSR count). The third-order valence-corrected chi connectivity index (χ3v) is 3.34. The normalized spacial score (nSPS) is 18.5. The fourth-order valence-electron chi connectivity index (χ4n) is 2.02. The molecule has 1 heterocycles. The number of aromatic amines is 1. The first kappa shape index (κ1) is 11.3. The lowest BCUT2D eigenvalue weighted by Crippen LogP contribution is -2.39. The van der Waals surface area contributed by atoms with E-state index in [-0.39, 0.29) is 17.1 Å². The van der Waals surface area contributed by atoms with Gasteiger partial charge in [0.25, 0.3) is 5.56 Å². The molecule has 1 aromatic rings. The molecule has 1 saturated carbocycles. The quantitative estimate of drug-likeness (QED) is 0.850. The van der Waals surface area contributed by atoms with Gasteiger partial charge in [-0.1, -0.05) is 13.8 Å². The predicted octanol–water partition coefficient (Wildman–Crippen LogP) is 1.92. The Labute approximate surface area is 95.1 Å². The average molecular weight is 222 g/mol. The number of hydrogen-bond donors (Lipinski definition) is 1. The maximum absolute atomic E-state index is 11.6. The number of rotatable bonds is 3. The van der Waals surface area contributed by atoms with Crippen LogP contribution < -0.4 is 5.56 Å². The van der Waals surface area contributed by atoms with Gasteiger partial charge in [-0.3, -0.25) is 4.79 Å². The summed E-state index contributed by atoms with van der Waals surface area (Å²) in [6.45, 7) is 4.07. The smallest absolute Gasteiger partial charge is 0.251 e. The van der Waals surface area contributed by atoms with Gasteiger partial charge in [-0.05, 0) is 25.2 Å². The monoisotopic (exact) mass is 222 g/mol. The fourth-order valence-corrected chi connectivity index (χ4v) is 2.02. The number of methoxy groups -OCH3 is 1. The van der Waals surface area contributed by atoms with Gasteiger partial charge < -0.3 is 9.72 Å². The lowest BCUT2D eigenvalue weighted by Gasteiger charge is -2.39. The first-order valence-corrected chi connectivity index (χ1v) is 5.74. The molecular formula is C12H18N2O2. The van der Waals surface area contributed by atoms with Gasteiger partial charge in [0.05, 0.1) is 5.69 Å². The minimum atomic E-state index is -0.343. The Morgan fingerprint density at radius 2 is 2.19 bits per heavy atom. The Morgan fingerprint density at radius 1 is 1.50 bits per heavy atom. The second-order valence-electron chi connectivity index (χ2n) is 4.73. The van der Waals surface area contributed by atoms with E-state index in [9.17, 15) is 4.79 Å². The molecule has 0 amide bonds. The maximum Gasteiger partial charge on any atom is 0.251 e. The molecule has 1 N–H and O–H groups in total. The van der Waals surface area contributed by atoms with Crippen LogP contribution in [0.2, 0.25) is 0 Å². The number of nitrogens with one attached hydrogen (secondary N) is 1. The highest BCUT2D eigenvalue weighted by Crippen LogP contribution is 2.42. The number of H-pyrrole nitrogens is 1. The van der Waals surface area contributed by atoms with Crippen molar-refractivity contribution in [1.29, 1.82) is 0 Å². The van der Waals surface area contributed by atoms with Crippen LogP contribution in [0.5, 0.6) is 0 Å². The third kappa shape index (κ3) is 1.78. The highest BCUT2D eigenvalue weighted by atomic mass is 16.5. The SMILES string of the molecule is COC1(c2nc(C(C)C)cc(=O)[nH]2)CCC1. The van der Waals surface area contributed by atoms with E-state index in [2.05, 4.69) is 9.97 Å². The van der Waals surface area contributed by atoms with Crippen LogP contribution >= 0.6 is 0 Å². The van der Waals surface area contributed by atoms with Crippen molar-refractivity contribution in [2.24, 2.45) is 0 Å². The van der Waals surface area contributed by atoms with Crippen LogP contribution in [-0.2, 0) is 10.3 Å². The summed E-state index contributed by atoms with van der Waals surface area (Å²) >= 11 is 0. The Hall–Kier alpha value is -1.16. The van der Waals surface area contributed by atoms with Gasteiger partial charge in [-0.25, -0.2) is 4.98 Å². The molecule has 16 heavy (non-hydrogen) atoms. The molecule has 0 atom stereocenters. The van der Waals surface area contributed by atoms with Crippen molar-refractivity contribution in [3.8, 4) is 0 Å². The molecule has 0 bridgehead atoms. The summed E-state index contributed by atoms with van der Waals surface area (Å²) in [5.74, 6) is 0.951. The summed E-state index contributed by atoms with van der Waals surface area (Å²) in [6, 6.07) is 1.57. The molecule has 0 radical (unpaired) electrons. The minimum absolute atomic E-state index is 0.0861. The highest BCUT2D eigenvalue weighted by Gasteiger charge is 2.41. The third-order valence-electron chi connectivity index (χ3n) is 3.34. The van der Waals surface area contributed by atoms with Gasteiger partial charge in [-0.2, -0.15) is 0 Å². The second kappa shape index (κ2) is 4.01. The summed E-state index contributed by atoms with van der Waals surface area (Å²) in [4.78, 5) is 18.9. The van der Waals surface area contributed by atoms with E-state index in [1.54, 1.807) is 13.2 Å². The zero-order chi connectivity index (χ0) is 11.8. The van der Waals surface area contributed by atoms with Gasteiger partial charge in [0.15, 0.2) is 0 Å². The number of hydrogen-bond acceptors (Lipinski definition) is 3. The van der Waals surface area contributed by atoms with E-state index in [0.29, 0.717) is 5.82 Å². The maximum atomic E-state index is 11.6. The Morgan fingerprint density at radius 3 is 2.62 bits per heavy atom. The molecule has 0 unspecified atom stereocenters. The molecule has 0 aliphatic heterocycles. The summed E-state index contributed by atoms with van der Waals surface area (Å²) < 4.78 is 5.52. The molecule has 1 fully saturated rings. The largest absolute Gasteiger partial charge is 0.370 e. The van der Waals surface area contributed by atoms with Gasteiger partial charge in [-0.15, -0.1) is 0 Å².